The summed E-state index contributed by atoms with van der Waals surface area (Å²) in [6.07, 6.45) is 0. The highest BCUT2D eigenvalue weighted by atomic mass is 35.5. The number of halogens is 1. The van der Waals surface area contributed by atoms with Crippen LogP contribution in [-0.4, -0.2) is 44.2 Å². The number of anilines is 2. The number of hydrogen-bond acceptors (Lipinski definition) is 7. The SMILES string of the molecule is CCS(=O)(=O)c1ccc(O)c(NC(=O)CN2CC(=O)Oc3ccc(Cl)cc32)c1. The summed E-state index contributed by atoms with van der Waals surface area (Å²) in [4.78, 5) is 25.7. The molecular weight excluding hydrogens is 408 g/mol. The van der Waals surface area contributed by atoms with Crippen LogP contribution in [0.4, 0.5) is 11.4 Å². The number of rotatable bonds is 5. The molecular formula is C18H17ClN2O6S. The highest BCUT2D eigenvalue weighted by molar-refractivity contribution is 7.91. The Labute approximate surface area is 166 Å². The summed E-state index contributed by atoms with van der Waals surface area (Å²) in [5, 5.41) is 12.8. The molecule has 0 aliphatic carbocycles. The van der Waals surface area contributed by atoms with E-state index < -0.39 is 21.7 Å². The van der Waals surface area contributed by atoms with Crippen molar-refractivity contribution in [2.45, 2.75) is 11.8 Å². The minimum Gasteiger partial charge on any atom is -0.506 e. The minimum atomic E-state index is -3.50. The first-order valence-corrected chi connectivity index (χ1v) is 10.3. The zero-order valence-corrected chi connectivity index (χ0v) is 16.4. The number of nitrogens with zero attached hydrogens (tertiary/aromatic N) is 1. The molecule has 0 saturated carbocycles. The van der Waals surface area contributed by atoms with Crippen LogP contribution in [0, 0.1) is 0 Å². The van der Waals surface area contributed by atoms with Gasteiger partial charge < -0.3 is 20.1 Å². The van der Waals surface area contributed by atoms with Gasteiger partial charge in [-0.3, -0.25) is 4.79 Å². The molecule has 0 fully saturated rings. The molecule has 0 radical (unpaired) electrons. The number of sulfone groups is 1. The van der Waals surface area contributed by atoms with E-state index in [1.54, 1.807) is 12.1 Å². The molecule has 1 heterocycles. The number of nitrogens with one attached hydrogen (secondary N) is 1. The Hall–Kier alpha value is -2.78. The standard InChI is InChI=1S/C18H17ClN2O6S/c1-2-28(25,26)12-4-5-15(22)13(8-12)20-17(23)9-21-10-18(24)27-16-6-3-11(19)7-14(16)21/h3-8,22H,2,9-10H2,1H3,(H,20,23). The fraction of sp³-hybridized carbons (Fsp3) is 0.222. The maximum atomic E-state index is 12.5. The Morgan fingerprint density at radius 1 is 1.29 bits per heavy atom. The number of benzene rings is 2. The molecule has 2 aromatic rings. The van der Waals surface area contributed by atoms with E-state index in [4.69, 9.17) is 16.3 Å². The average molecular weight is 425 g/mol. The number of hydrogen-bond donors (Lipinski definition) is 2. The van der Waals surface area contributed by atoms with Crippen molar-refractivity contribution in [1.29, 1.82) is 0 Å². The maximum absolute atomic E-state index is 12.5. The van der Waals surface area contributed by atoms with Crippen LogP contribution in [0.1, 0.15) is 6.92 Å². The van der Waals surface area contributed by atoms with E-state index in [-0.39, 0.29) is 40.9 Å². The first kappa shape index (κ1) is 20.0. The Balaban J connectivity index is 1.81. The molecule has 8 nitrogen and oxygen atoms in total. The number of ether oxygens (including phenoxy) is 1. The van der Waals surface area contributed by atoms with E-state index in [1.165, 1.54) is 36.1 Å². The molecule has 3 rings (SSSR count). The molecule has 2 aromatic carbocycles. The number of carbonyl (C=O) groups excluding carboxylic acids is 2. The lowest BCUT2D eigenvalue weighted by atomic mass is 10.2. The average Bonchev–Trinajstić information content (AvgIpc) is 2.64. The van der Waals surface area contributed by atoms with Gasteiger partial charge in [0.05, 0.1) is 28.6 Å². The number of amides is 1. The normalized spacial score (nSPS) is 13.6. The molecule has 1 aliphatic rings. The Morgan fingerprint density at radius 2 is 2.04 bits per heavy atom. The third-order valence-corrected chi connectivity index (χ3v) is 6.09. The highest BCUT2D eigenvalue weighted by Crippen LogP contribution is 2.34. The minimum absolute atomic E-state index is 0.0122. The summed E-state index contributed by atoms with van der Waals surface area (Å²) in [5.41, 5.74) is 0.444. The first-order chi connectivity index (χ1) is 13.2. The summed E-state index contributed by atoms with van der Waals surface area (Å²) in [6.45, 7) is 1.11. The van der Waals surface area contributed by atoms with Gasteiger partial charge in [0.1, 0.15) is 12.3 Å². The lowest BCUT2D eigenvalue weighted by Crippen LogP contribution is -2.41. The second-order valence-electron chi connectivity index (χ2n) is 6.07. The molecule has 0 spiro atoms. The second kappa shape index (κ2) is 7.69. The van der Waals surface area contributed by atoms with E-state index in [2.05, 4.69) is 5.32 Å². The van der Waals surface area contributed by atoms with Gasteiger partial charge in [0, 0.05) is 5.02 Å². The molecule has 0 saturated heterocycles. The van der Waals surface area contributed by atoms with Crippen LogP contribution in [-0.2, 0) is 19.4 Å². The van der Waals surface area contributed by atoms with Crippen molar-refractivity contribution < 1.29 is 27.9 Å². The van der Waals surface area contributed by atoms with E-state index in [0.29, 0.717) is 10.7 Å². The molecule has 0 atom stereocenters. The number of phenols is 1. The fourth-order valence-electron chi connectivity index (χ4n) is 2.70. The van der Waals surface area contributed by atoms with E-state index in [9.17, 15) is 23.1 Å². The maximum Gasteiger partial charge on any atom is 0.331 e. The summed E-state index contributed by atoms with van der Waals surface area (Å²) in [5.74, 6) is -1.18. The van der Waals surface area contributed by atoms with Crippen molar-refractivity contribution in [3.8, 4) is 11.5 Å². The Bertz CT molecular complexity index is 1050. The predicted molar refractivity (Wildman–Crippen MR) is 104 cm³/mol. The topological polar surface area (TPSA) is 113 Å². The smallest absolute Gasteiger partial charge is 0.331 e. The zero-order chi connectivity index (χ0) is 20.5. The molecule has 0 unspecified atom stereocenters. The van der Waals surface area contributed by atoms with E-state index >= 15 is 0 Å². The lowest BCUT2D eigenvalue weighted by molar-refractivity contribution is -0.133. The van der Waals surface area contributed by atoms with Gasteiger partial charge in [-0.1, -0.05) is 18.5 Å². The predicted octanol–water partition coefficient (Wildman–Crippen LogP) is 2.20. The van der Waals surface area contributed by atoms with Gasteiger partial charge in [0.25, 0.3) is 0 Å². The third kappa shape index (κ3) is 4.20. The van der Waals surface area contributed by atoms with Gasteiger partial charge in [-0.05, 0) is 36.4 Å². The van der Waals surface area contributed by atoms with Gasteiger partial charge >= 0.3 is 5.97 Å². The summed E-state index contributed by atoms with van der Waals surface area (Å²) in [6, 6.07) is 8.33. The number of fused-ring (bicyclic) bond motifs is 1. The third-order valence-electron chi connectivity index (χ3n) is 4.12. The molecule has 148 valence electrons. The summed E-state index contributed by atoms with van der Waals surface area (Å²) >= 11 is 5.98. The molecule has 10 heteroatoms. The van der Waals surface area contributed by atoms with Crippen LogP contribution in [0.2, 0.25) is 5.02 Å². The van der Waals surface area contributed by atoms with Crippen molar-refractivity contribution in [1.82, 2.24) is 0 Å². The molecule has 1 amide bonds. The van der Waals surface area contributed by atoms with Crippen molar-refractivity contribution in [2.75, 3.05) is 29.1 Å². The summed E-state index contributed by atoms with van der Waals surface area (Å²) in [7, 11) is -3.50. The number of carbonyl (C=O) groups is 2. The van der Waals surface area contributed by atoms with Crippen LogP contribution < -0.4 is 15.0 Å². The molecule has 0 aromatic heterocycles. The molecule has 0 bridgehead atoms. The lowest BCUT2D eigenvalue weighted by Gasteiger charge is -2.29. The van der Waals surface area contributed by atoms with Gasteiger partial charge in [-0.2, -0.15) is 0 Å². The van der Waals surface area contributed by atoms with Gasteiger partial charge in [0.15, 0.2) is 15.6 Å². The largest absolute Gasteiger partial charge is 0.506 e. The molecule has 2 N–H and O–H groups in total. The van der Waals surface area contributed by atoms with Crippen LogP contribution in [0.5, 0.6) is 11.5 Å². The quantitative estimate of drug-likeness (QED) is 0.429. The van der Waals surface area contributed by atoms with Crippen LogP contribution >= 0.6 is 11.6 Å². The highest BCUT2D eigenvalue weighted by Gasteiger charge is 2.26. The number of phenolic OH excluding ortho intramolecular Hbond substituents is 1. The van der Waals surface area contributed by atoms with Crippen LogP contribution in [0.15, 0.2) is 41.3 Å². The monoisotopic (exact) mass is 424 g/mol. The molecule has 28 heavy (non-hydrogen) atoms. The van der Waals surface area contributed by atoms with Gasteiger partial charge in [0.2, 0.25) is 5.91 Å². The zero-order valence-electron chi connectivity index (χ0n) is 14.8. The number of aromatic hydroxyl groups is 1. The van der Waals surface area contributed by atoms with Crippen molar-refractivity contribution in [3.63, 3.8) is 0 Å². The fourth-order valence-corrected chi connectivity index (χ4v) is 3.77. The Kier molecular flexibility index (Phi) is 5.48. The van der Waals surface area contributed by atoms with Gasteiger partial charge in [-0.25, -0.2) is 13.2 Å². The second-order valence-corrected chi connectivity index (χ2v) is 8.79. The van der Waals surface area contributed by atoms with Crippen LogP contribution in [0.25, 0.3) is 0 Å². The van der Waals surface area contributed by atoms with Crippen molar-refractivity contribution in [2.24, 2.45) is 0 Å². The van der Waals surface area contributed by atoms with Gasteiger partial charge in [-0.15, -0.1) is 0 Å². The van der Waals surface area contributed by atoms with E-state index in [0.717, 1.165) is 0 Å². The van der Waals surface area contributed by atoms with Crippen LogP contribution in [0.3, 0.4) is 0 Å². The van der Waals surface area contributed by atoms with Crippen molar-refractivity contribution in [3.05, 3.63) is 41.4 Å². The number of esters is 1. The first-order valence-electron chi connectivity index (χ1n) is 8.30. The Morgan fingerprint density at radius 3 is 2.75 bits per heavy atom. The summed E-state index contributed by atoms with van der Waals surface area (Å²) < 4.78 is 29.1. The van der Waals surface area contributed by atoms with E-state index in [1.807, 2.05) is 0 Å². The molecule has 1 aliphatic heterocycles. The van der Waals surface area contributed by atoms with Crippen molar-refractivity contribution >= 4 is 44.7 Å².